The summed E-state index contributed by atoms with van der Waals surface area (Å²) in [5.74, 6) is -2.03. The number of hydrogen-bond donors (Lipinski definition) is 2. The summed E-state index contributed by atoms with van der Waals surface area (Å²) in [6, 6.07) is 1.50. The first kappa shape index (κ1) is 14.1. The molecular weight excluding hydrogens is 260 g/mol. The van der Waals surface area contributed by atoms with Crippen molar-refractivity contribution in [3.8, 4) is 0 Å². The number of carbonyl (C=O) groups is 2. The Morgan fingerprint density at radius 1 is 1.44 bits per heavy atom. The van der Waals surface area contributed by atoms with E-state index in [4.69, 9.17) is 5.11 Å². The van der Waals surface area contributed by atoms with E-state index in [9.17, 15) is 19.7 Å². The molecule has 0 radical (unpaired) electrons. The highest BCUT2D eigenvalue weighted by Gasteiger charge is 2.25. The molecular formula is C10H12N2O5S. The number of nitrogens with one attached hydrogen (secondary N) is 1. The fourth-order valence-electron chi connectivity index (χ4n) is 1.27. The molecule has 0 spiro atoms. The molecule has 1 heterocycles. The lowest BCUT2D eigenvalue weighted by Crippen LogP contribution is -2.44. The lowest BCUT2D eigenvalue weighted by molar-refractivity contribution is -0.380. The van der Waals surface area contributed by atoms with Gasteiger partial charge in [0.2, 0.25) is 0 Å². The predicted octanol–water partition coefficient (Wildman–Crippen LogP) is 1.50. The number of thiophene rings is 1. The van der Waals surface area contributed by atoms with E-state index in [-0.39, 0.29) is 15.8 Å². The third-order valence-electron chi connectivity index (χ3n) is 2.21. The van der Waals surface area contributed by atoms with Crippen LogP contribution in [0.25, 0.3) is 0 Å². The molecule has 7 nitrogen and oxygen atoms in total. The zero-order chi connectivity index (χ0) is 13.9. The molecule has 98 valence electrons. The number of carbonyl (C=O) groups excluding carboxylic acids is 1. The van der Waals surface area contributed by atoms with Gasteiger partial charge in [-0.2, -0.15) is 0 Å². The molecule has 1 rings (SSSR count). The van der Waals surface area contributed by atoms with Crippen LogP contribution in [0.2, 0.25) is 0 Å². The quantitative estimate of drug-likeness (QED) is 0.623. The Balaban J connectivity index is 2.80. The van der Waals surface area contributed by atoms with Crippen molar-refractivity contribution in [3.63, 3.8) is 0 Å². The van der Waals surface area contributed by atoms with Gasteiger partial charge in [0.05, 0.1) is 9.80 Å². The second-order valence-corrected chi connectivity index (χ2v) is 4.99. The van der Waals surface area contributed by atoms with Crippen LogP contribution in [0.1, 0.15) is 23.5 Å². The minimum absolute atomic E-state index is 0.119. The summed E-state index contributed by atoms with van der Waals surface area (Å²) in [6.07, 6.45) is 0. The molecule has 0 saturated heterocycles. The van der Waals surface area contributed by atoms with E-state index in [1.807, 2.05) is 0 Å². The summed E-state index contributed by atoms with van der Waals surface area (Å²) in [6.45, 7) is 3.33. The largest absolute Gasteiger partial charge is 0.480 e. The molecule has 18 heavy (non-hydrogen) atoms. The van der Waals surface area contributed by atoms with Crippen molar-refractivity contribution >= 4 is 28.2 Å². The van der Waals surface area contributed by atoms with Crippen molar-refractivity contribution in [3.05, 3.63) is 27.1 Å². The molecule has 2 N–H and O–H groups in total. The average Bonchev–Trinajstić information content (AvgIpc) is 2.73. The highest BCUT2D eigenvalue weighted by Crippen LogP contribution is 2.23. The number of amides is 1. The predicted molar refractivity (Wildman–Crippen MR) is 64.7 cm³/mol. The van der Waals surface area contributed by atoms with E-state index in [0.717, 1.165) is 0 Å². The average molecular weight is 272 g/mol. The summed E-state index contributed by atoms with van der Waals surface area (Å²) in [7, 11) is 0. The highest BCUT2D eigenvalue weighted by atomic mass is 32.1. The lowest BCUT2D eigenvalue weighted by Gasteiger charge is -2.17. The van der Waals surface area contributed by atoms with E-state index in [1.165, 1.54) is 12.1 Å². The van der Waals surface area contributed by atoms with Crippen LogP contribution in [0.5, 0.6) is 0 Å². The third-order valence-corrected chi connectivity index (χ3v) is 3.25. The number of nitro groups is 1. The number of carboxylic acids is 1. The summed E-state index contributed by atoms with van der Waals surface area (Å²) in [5, 5.41) is 21.6. The van der Waals surface area contributed by atoms with Crippen molar-refractivity contribution in [2.45, 2.75) is 19.9 Å². The zero-order valence-electron chi connectivity index (χ0n) is 9.75. The second-order valence-electron chi connectivity index (χ2n) is 3.93. The van der Waals surface area contributed by atoms with Gasteiger partial charge in [-0.25, -0.2) is 4.79 Å². The molecule has 0 aliphatic rings. The van der Waals surface area contributed by atoms with E-state index in [1.54, 1.807) is 13.8 Å². The summed E-state index contributed by atoms with van der Waals surface area (Å²) < 4.78 is 0. The SMILES string of the molecule is CC(C)C(NC(=O)c1ccc([N+](=O)[O-])s1)C(=O)O. The van der Waals surface area contributed by atoms with Crippen LogP contribution in [-0.2, 0) is 4.79 Å². The number of nitrogens with zero attached hydrogens (tertiary/aromatic N) is 1. The van der Waals surface area contributed by atoms with Crippen LogP contribution in [0.15, 0.2) is 12.1 Å². The van der Waals surface area contributed by atoms with Gasteiger partial charge < -0.3 is 10.4 Å². The van der Waals surface area contributed by atoms with Crippen molar-refractivity contribution in [1.29, 1.82) is 0 Å². The minimum Gasteiger partial charge on any atom is -0.480 e. The number of rotatable bonds is 5. The Labute approximate surface area is 107 Å². The molecule has 1 aromatic rings. The Morgan fingerprint density at radius 2 is 2.06 bits per heavy atom. The highest BCUT2D eigenvalue weighted by molar-refractivity contribution is 7.17. The molecule has 1 unspecified atom stereocenters. The van der Waals surface area contributed by atoms with Gasteiger partial charge in [0.15, 0.2) is 0 Å². The molecule has 0 bridgehead atoms. The van der Waals surface area contributed by atoms with Crippen LogP contribution >= 0.6 is 11.3 Å². The van der Waals surface area contributed by atoms with Crippen LogP contribution < -0.4 is 5.32 Å². The lowest BCUT2D eigenvalue weighted by atomic mass is 10.0. The molecule has 0 aliphatic heterocycles. The van der Waals surface area contributed by atoms with Gasteiger partial charge in [-0.15, -0.1) is 0 Å². The topological polar surface area (TPSA) is 110 Å². The zero-order valence-corrected chi connectivity index (χ0v) is 10.6. The van der Waals surface area contributed by atoms with E-state index in [0.29, 0.717) is 11.3 Å². The summed E-state index contributed by atoms with van der Waals surface area (Å²) >= 11 is 0.710. The monoisotopic (exact) mass is 272 g/mol. The summed E-state index contributed by atoms with van der Waals surface area (Å²) in [5.41, 5.74) is 0. The number of aliphatic carboxylic acids is 1. The van der Waals surface area contributed by atoms with Gasteiger partial charge in [-0.3, -0.25) is 14.9 Å². The molecule has 0 aliphatic carbocycles. The van der Waals surface area contributed by atoms with Gasteiger partial charge in [0, 0.05) is 6.07 Å². The van der Waals surface area contributed by atoms with Crippen LogP contribution in [-0.4, -0.2) is 27.9 Å². The molecule has 1 aromatic heterocycles. The maximum absolute atomic E-state index is 11.7. The van der Waals surface area contributed by atoms with Crippen molar-refractivity contribution in [2.75, 3.05) is 0 Å². The molecule has 0 saturated carbocycles. The number of carboxylic acid groups (broad SMARTS) is 1. The first-order valence-corrected chi connectivity index (χ1v) is 5.92. The third kappa shape index (κ3) is 3.27. The minimum atomic E-state index is -1.13. The van der Waals surface area contributed by atoms with Crippen molar-refractivity contribution in [1.82, 2.24) is 5.32 Å². The second kappa shape index (κ2) is 5.58. The summed E-state index contributed by atoms with van der Waals surface area (Å²) in [4.78, 5) is 32.6. The van der Waals surface area contributed by atoms with Gasteiger partial charge in [-0.1, -0.05) is 25.2 Å². The van der Waals surface area contributed by atoms with Crippen LogP contribution in [0, 0.1) is 16.0 Å². The van der Waals surface area contributed by atoms with Gasteiger partial charge >= 0.3 is 11.0 Å². The Morgan fingerprint density at radius 3 is 2.44 bits per heavy atom. The standard InChI is InChI=1S/C10H12N2O5S/c1-5(2)8(10(14)15)11-9(13)6-3-4-7(18-6)12(16)17/h3-5,8H,1-2H3,(H,11,13)(H,14,15). The van der Waals surface area contributed by atoms with E-state index in [2.05, 4.69) is 5.32 Å². The fourth-order valence-corrected chi connectivity index (χ4v) is 2.00. The van der Waals surface area contributed by atoms with Crippen molar-refractivity contribution < 1.29 is 19.6 Å². The maximum atomic E-state index is 11.7. The van der Waals surface area contributed by atoms with Crippen LogP contribution in [0.3, 0.4) is 0 Å². The molecule has 1 atom stereocenters. The molecule has 8 heteroatoms. The van der Waals surface area contributed by atoms with Gasteiger partial charge in [0.25, 0.3) is 5.91 Å². The normalized spacial score (nSPS) is 12.2. The van der Waals surface area contributed by atoms with Gasteiger partial charge in [-0.05, 0) is 12.0 Å². The molecule has 1 amide bonds. The molecule has 0 fully saturated rings. The molecule has 0 aromatic carbocycles. The smallest absolute Gasteiger partial charge is 0.326 e. The van der Waals surface area contributed by atoms with Crippen LogP contribution in [0.4, 0.5) is 5.00 Å². The maximum Gasteiger partial charge on any atom is 0.326 e. The fraction of sp³-hybridized carbons (Fsp3) is 0.400. The van der Waals surface area contributed by atoms with E-state index >= 15 is 0 Å². The van der Waals surface area contributed by atoms with E-state index < -0.39 is 22.8 Å². The van der Waals surface area contributed by atoms with Crippen molar-refractivity contribution in [2.24, 2.45) is 5.92 Å². The number of hydrogen-bond acceptors (Lipinski definition) is 5. The Bertz CT molecular complexity index is 482. The Hall–Kier alpha value is -1.96. The first-order valence-electron chi connectivity index (χ1n) is 5.10. The Kier molecular flexibility index (Phi) is 4.38. The first-order chi connectivity index (χ1) is 8.32. The van der Waals surface area contributed by atoms with Gasteiger partial charge in [0.1, 0.15) is 6.04 Å².